The molecule has 0 bridgehead atoms. The van der Waals surface area contributed by atoms with Gasteiger partial charge in [0.05, 0.1) is 15.4 Å². The third kappa shape index (κ3) is 4.42. The van der Waals surface area contributed by atoms with Crippen LogP contribution in [0.2, 0.25) is 0 Å². The number of rotatable bonds is 3. The number of methoxy groups -OCH3 is 1. The first-order valence-electron chi connectivity index (χ1n) is 3.46. The molecule has 0 radical (unpaired) electrons. The number of halogens is 2. The number of hydrogen-bond donors (Lipinski definition) is 0. The summed E-state index contributed by atoms with van der Waals surface area (Å²) in [6.45, 7) is 0. The fourth-order valence-corrected chi connectivity index (χ4v) is 3.98. The Morgan fingerprint density at radius 1 is 1.69 bits per heavy atom. The number of hydrogen-bond acceptors (Lipinski definition) is 3. The Morgan fingerprint density at radius 2 is 2.46 bits per heavy atom. The van der Waals surface area contributed by atoms with E-state index in [9.17, 15) is 4.79 Å². The first-order valence-corrected chi connectivity index (χ1v) is 7.56. The third-order valence-electron chi connectivity index (χ3n) is 1.22. The van der Waals surface area contributed by atoms with Crippen LogP contribution in [-0.4, -0.2) is 22.8 Å². The van der Waals surface area contributed by atoms with Gasteiger partial charge >= 0.3 is 5.97 Å². The highest BCUT2D eigenvalue weighted by Gasteiger charge is 2.03. The molecular formula is C8H8BrIO2S. The van der Waals surface area contributed by atoms with E-state index in [1.807, 2.05) is 12.2 Å². The second kappa shape index (κ2) is 5.98. The standard InChI is InChI=1S/C8H8BrIO2S/c1-12-8(11)5-13-6-2-3-7(9)10-4-6/h2-4H,5H2,1H3. The normalized spacial score (nSPS) is 15.5. The van der Waals surface area contributed by atoms with E-state index >= 15 is 0 Å². The van der Waals surface area contributed by atoms with Crippen LogP contribution >= 0.6 is 48.4 Å². The topological polar surface area (TPSA) is 26.3 Å². The molecule has 13 heavy (non-hydrogen) atoms. The molecule has 0 aromatic carbocycles. The minimum Gasteiger partial charge on any atom is -0.468 e. The van der Waals surface area contributed by atoms with Crippen molar-refractivity contribution < 1.29 is 9.53 Å². The van der Waals surface area contributed by atoms with Gasteiger partial charge in [-0.15, -0.1) is 11.8 Å². The summed E-state index contributed by atoms with van der Waals surface area (Å²) in [4.78, 5) is 12.0. The monoisotopic (exact) mass is 374 g/mol. The van der Waals surface area contributed by atoms with Gasteiger partial charge in [-0.05, 0) is 32.1 Å². The van der Waals surface area contributed by atoms with E-state index in [-0.39, 0.29) is 26.7 Å². The largest absolute Gasteiger partial charge is 0.468 e. The molecule has 0 unspecified atom stereocenters. The maximum atomic E-state index is 10.8. The van der Waals surface area contributed by atoms with Crippen molar-refractivity contribution in [3.63, 3.8) is 0 Å². The second-order valence-electron chi connectivity index (χ2n) is 2.11. The molecule has 0 saturated heterocycles. The Bertz CT molecular complexity index is 297. The summed E-state index contributed by atoms with van der Waals surface area (Å²) < 4.78 is 8.01. The number of allylic oxidation sites excluding steroid dienone is 3. The van der Waals surface area contributed by atoms with E-state index in [0.717, 1.165) is 0 Å². The van der Waals surface area contributed by atoms with Crippen LogP contribution < -0.4 is 0 Å². The van der Waals surface area contributed by atoms with E-state index in [0.29, 0.717) is 5.75 Å². The predicted octanol–water partition coefficient (Wildman–Crippen LogP) is 2.80. The van der Waals surface area contributed by atoms with Crippen molar-refractivity contribution in [1.82, 2.24) is 0 Å². The first kappa shape index (κ1) is 11.5. The summed E-state index contributed by atoms with van der Waals surface area (Å²) in [7, 11) is 1.41. The van der Waals surface area contributed by atoms with Crippen molar-refractivity contribution in [1.29, 1.82) is 0 Å². The van der Waals surface area contributed by atoms with E-state index in [4.69, 9.17) is 0 Å². The summed E-state index contributed by atoms with van der Waals surface area (Å²) in [5, 5.41) is 0. The first-order chi connectivity index (χ1) is 6.22. The molecule has 0 spiro atoms. The zero-order chi connectivity index (χ0) is 9.68. The lowest BCUT2D eigenvalue weighted by molar-refractivity contribution is -0.137. The molecular weight excluding hydrogens is 367 g/mol. The number of ether oxygens (including phenoxy) is 1. The lowest BCUT2D eigenvalue weighted by Gasteiger charge is -2.02. The quantitative estimate of drug-likeness (QED) is 0.561. The van der Waals surface area contributed by atoms with Crippen molar-refractivity contribution >= 4 is 58.4 Å². The predicted molar refractivity (Wildman–Crippen MR) is 69.7 cm³/mol. The maximum Gasteiger partial charge on any atom is 0.315 e. The molecule has 1 rings (SSSR count). The highest BCUT2D eigenvalue weighted by atomic mass is 127. The summed E-state index contributed by atoms with van der Waals surface area (Å²) in [6.07, 6.45) is 4.06. The molecule has 0 saturated carbocycles. The Morgan fingerprint density at radius 3 is 3.00 bits per heavy atom. The minimum absolute atomic E-state index is 0.0135. The summed E-state index contributed by atoms with van der Waals surface area (Å²) >= 11 is 4.95. The summed E-state index contributed by atoms with van der Waals surface area (Å²) in [5.41, 5.74) is 0. The molecule has 1 heterocycles. The molecule has 2 nitrogen and oxygen atoms in total. The number of carbonyl (C=O) groups is 1. The van der Waals surface area contributed by atoms with Gasteiger partial charge in [-0.1, -0.05) is 20.7 Å². The van der Waals surface area contributed by atoms with Crippen molar-refractivity contribution in [2.45, 2.75) is 0 Å². The molecule has 0 aromatic rings. The van der Waals surface area contributed by atoms with Crippen LogP contribution in [-0.2, 0) is 9.53 Å². The summed E-state index contributed by atoms with van der Waals surface area (Å²) in [6, 6.07) is 0. The molecule has 72 valence electrons. The van der Waals surface area contributed by atoms with Crippen LogP contribution in [0.15, 0.2) is 19.5 Å². The van der Waals surface area contributed by atoms with Crippen LogP contribution in [0.3, 0.4) is 0 Å². The number of esters is 1. The molecule has 0 aliphatic carbocycles. The van der Waals surface area contributed by atoms with Crippen LogP contribution in [0.4, 0.5) is 0 Å². The number of carbonyl (C=O) groups excluding carboxylic acids is 1. The Balaban J connectivity index is 2.40. The van der Waals surface area contributed by atoms with Gasteiger partial charge in [-0.2, -0.15) is 0 Å². The average Bonchev–Trinajstić information content (AvgIpc) is 2.16. The Labute approximate surface area is 99.7 Å². The average molecular weight is 375 g/mol. The van der Waals surface area contributed by atoms with E-state index in [1.54, 1.807) is 0 Å². The van der Waals surface area contributed by atoms with E-state index in [2.05, 4.69) is 24.7 Å². The fourth-order valence-electron chi connectivity index (χ4n) is 0.605. The molecule has 5 heteroatoms. The van der Waals surface area contributed by atoms with Crippen LogP contribution in [0.1, 0.15) is 0 Å². The lowest BCUT2D eigenvalue weighted by Crippen LogP contribution is -2.03. The molecule has 0 atom stereocenters. The summed E-state index contributed by atoms with van der Waals surface area (Å²) in [5.74, 6) is 0.222. The molecule has 0 fully saturated rings. The third-order valence-corrected chi connectivity index (χ3v) is 5.98. The number of thioether (sulfide) groups is 1. The maximum absolute atomic E-state index is 10.8. The molecule has 1 aliphatic heterocycles. The highest BCUT2D eigenvalue weighted by Crippen LogP contribution is 2.29. The highest BCUT2D eigenvalue weighted by molar-refractivity contribution is 14.2. The van der Waals surface area contributed by atoms with Gasteiger partial charge in [0.2, 0.25) is 0 Å². The van der Waals surface area contributed by atoms with Crippen LogP contribution in [0, 0.1) is 0 Å². The van der Waals surface area contributed by atoms with Gasteiger partial charge in [0, 0.05) is 4.91 Å². The van der Waals surface area contributed by atoms with Gasteiger partial charge in [0.15, 0.2) is 0 Å². The molecule has 0 amide bonds. The van der Waals surface area contributed by atoms with Gasteiger partial charge in [0.1, 0.15) is 0 Å². The van der Waals surface area contributed by atoms with Crippen molar-refractivity contribution in [3.05, 3.63) is 19.5 Å². The van der Waals surface area contributed by atoms with Gasteiger partial charge in [-0.25, -0.2) is 0 Å². The van der Waals surface area contributed by atoms with Crippen molar-refractivity contribution in [2.24, 2.45) is 0 Å². The molecule has 0 aromatic heterocycles. The van der Waals surface area contributed by atoms with E-state index in [1.165, 1.54) is 26.3 Å². The smallest absolute Gasteiger partial charge is 0.315 e. The van der Waals surface area contributed by atoms with Crippen molar-refractivity contribution in [3.8, 4) is 0 Å². The fraction of sp³-hybridized carbons (Fsp3) is 0.250. The molecule has 0 N–H and O–H groups in total. The SMILES string of the molecule is COC(=O)CSC1=CC=C(Br)I=C1. The Hall–Kier alpha value is 0.380. The zero-order valence-corrected chi connectivity index (χ0v) is 11.5. The van der Waals surface area contributed by atoms with E-state index < -0.39 is 0 Å². The van der Waals surface area contributed by atoms with Gasteiger partial charge in [-0.3, -0.25) is 4.79 Å². The van der Waals surface area contributed by atoms with Crippen molar-refractivity contribution in [2.75, 3.05) is 12.9 Å². The Kier molecular flexibility index (Phi) is 5.27. The molecule has 1 aliphatic rings. The minimum atomic E-state index is -0.175. The van der Waals surface area contributed by atoms with Crippen LogP contribution in [0.5, 0.6) is 0 Å². The lowest BCUT2D eigenvalue weighted by atomic mass is 10.5. The van der Waals surface area contributed by atoms with Gasteiger partial charge in [0.25, 0.3) is 0 Å². The van der Waals surface area contributed by atoms with Crippen LogP contribution in [0.25, 0.3) is 0 Å². The zero-order valence-electron chi connectivity index (χ0n) is 6.92. The van der Waals surface area contributed by atoms with Gasteiger partial charge < -0.3 is 4.74 Å². The second-order valence-corrected chi connectivity index (χ2v) is 7.90.